The molecule has 0 aliphatic carbocycles. The molecule has 19 heavy (non-hydrogen) atoms. The molecule has 98 valence electrons. The number of aryl methyl sites for hydroxylation is 1. The number of rotatable bonds is 4. The average molecular weight is 254 g/mol. The van der Waals surface area contributed by atoms with E-state index in [4.69, 9.17) is 5.73 Å². The highest BCUT2D eigenvalue weighted by Gasteiger charge is 2.11. The van der Waals surface area contributed by atoms with E-state index < -0.39 is 0 Å². The summed E-state index contributed by atoms with van der Waals surface area (Å²) >= 11 is 0. The van der Waals surface area contributed by atoms with Gasteiger partial charge in [0.25, 0.3) is 0 Å². The number of amides is 1. The molecule has 0 aliphatic rings. The Morgan fingerprint density at radius 1 is 1.16 bits per heavy atom. The zero-order valence-electron chi connectivity index (χ0n) is 11.0. The molecule has 0 heterocycles. The Hall–Kier alpha value is -2.13. The van der Waals surface area contributed by atoms with Crippen LogP contribution in [0, 0.1) is 6.92 Å². The van der Waals surface area contributed by atoms with E-state index in [1.165, 1.54) is 0 Å². The fraction of sp³-hybridized carbons (Fsp3) is 0.188. The summed E-state index contributed by atoms with van der Waals surface area (Å²) in [7, 11) is 0. The molecule has 1 atom stereocenters. The molecule has 0 fully saturated rings. The minimum Gasteiger partial charge on any atom is -0.326 e. The van der Waals surface area contributed by atoms with E-state index in [-0.39, 0.29) is 18.4 Å². The highest BCUT2D eigenvalue weighted by Crippen LogP contribution is 2.15. The molecule has 0 spiro atoms. The van der Waals surface area contributed by atoms with Gasteiger partial charge in [0.05, 0.1) is 0 Å². The summed E-state index contributed by atoms with van der Waals surface area (Å²) < 4.78 is 0. The molecule has 2 aromatic carbocycles. The van der Waals surface area contributed by atoms with Crippen LogP contribution in [0.3, 0.4) is 0 Å². The molecule has 3 N–H and O–H groups in total. The van der Waals surface area contributed by atoms with E-state index in [1.54, 1.807) is 0 Å². The largest absolute Gasteiger partial charge is 0.326 e. The van der Waals surface area contributed by atoms with Crippen molar-refractivity contribution in [3.8, 4) is 0 Å². The summed E-state index contributed by atoms with van der Waals surface area (Å²) in [6, 6.07) is 17.1. The smallest absolute Gasteiger partial charge is 0.226 e. The lowest BCUT2D eigenvalue weighted by atomic mass is 10.0. The van der Waals surface area contributed by atoms with Crippen LogP contribution in [0.25, 0.3) is 0 Å². The maximum Gasteiger partial charge on any atom is 0.226 e. The first-order valence-corrected chi connectivity index (χ1v) is 6.32. The molecule has 0 aliphatic heterocycles. The van der Waals surface area contributed by atoms with Gasteiger partial charge in [-0.25, -0.2) is 0 Å². The lowest BCUT2D eigenvalue weighted by Gasteiger charge is -2.12. The van der Waals surface area contributed by atoms with E-state index in [0.717, 1.165) is 16.8 Å². The van der Waals surface area contributed by atoms with Crippen LogP contribution in [-0.2, 0) is 4.79 Å². The van der Waals surface area contributed by atoms with Crippen LogP contribution < -0.4 is 11.1 Å². The zero-order chi connectivity index (χ0) is 13.7. The lowest BCUT2D eigenvalue weighted by Crippen LogP contribution is -2.20. The van der Waals surface area contributed by atoms with E-state index >= 15 is 0 Å². The Balaban J connectivity index is 1.95. The van der Waals surface area contributed by atoms with Crippen molar-refractivity contribution in [2.24, 2.45) is 5.73 Å². The van der Waals surface area contributed by atoms with E-state index in [9.17, 15) is 4.79 Å². The third-order valence-corrected chi connectivity index (χ3v) is 2.93. The standard InChI is InChI=1S/C16H18N2O/c1-12-6-5-9-14(10-12)18-16(19)11-15(17)13-7-3-2-4-8-13/h2-10,15H,11,17H2,1H3,(H,18,19). The van der Waals surface area contributed by atoms with Gasteiger partial charge in [-0.05, 0) is 30.2 Å². The number of hydrogen-bond acceptors (Lipinski definition) is 2. The fourth-order valence-corrected chi connectivity index (χ4v) is 1.95. The van der Waals surface area contributed by atoms with Crippen molar-refractivity contribution < 1.29 is 4.79 Å². The van der Waals surface area contributed by atoms with Gasteiger partial charge in [-0.3, -0.25) is 4.79 Å². The van der Waals surface area contributed by atoms with Crippen LogP contribution >= 0.6 is 0 Å². The predicted octanol–water partition coefficient (Wildman–Crippen LogP) is 3.02. The average Bonchev–Trinajstić information content (AvgIpc) is 2.39. The molecular formula is C16H18N2O. The van der Waals surface area contributed by atoms with Crippen LogP contribution in [0.4, 0.5) is 5.69 Å². The molecule has 0 bridgehead atoms. The van der Waals surface area contributed by atoms with Crippen molar-refractivity contribution in [3.63, 3.8) is 0 Å². The summed E-state index contributed by atoms with van der Waals surface area (Å²) in [5, 5.41) is 2.86. The SMILES string of the molecule is Cc1cccc(NC(=O)CC(N)c2ccccc2)c1. The lowest BCUT2D eigenvalue weighted by molar-refractivity contribution is -0.116. The van der Waals surface area contributed by atoms with Crippen molar-refractivity contribution in [2.45, 2.75) is 19.4 Å². The highest BCUT2D eigenvalue weighted by atomic mass is 16.1. The minimum absolute atomic E-state index is 0.0676. The second-order valence-electron chi connectivity index (χ2n) is 4.64. The Labute approximate surface area is 113 Å². The highest BCUT2D eigenvalue weighted by molar-refractivity contribution is 5.91. The fourth-order valence-electron chi connectivity index (χ4n) is 1.95. The van der Waals surface area contributed by atoms with Crippen molar-refractivity contribution in [3.05, 3.63) is 65.7 Å². The normalized spacial score (nSPS) is 11.9. The van der Waals surface area contributed by atoms with E-state index in [0.29, 0.717) is 0 Å². The Morgan fingerprint density at radius 2 is 1.89 bits per heavy atom. The maximum atomic E-state index is 11.9. The summed E-state index contributed by atoms with van der Waals surface area (Å²) in [5.74, 6) is -0.0676. The Bertz CT molecular complexity index is 552. The van der Waals surface area contributed by atoms with Gasteiger partial charge in [0, 0.05) is 18.2 Å². The van der Waals surface area contributed by atoms with Gasteiger partial charge in [0.15, 0.2) is 0 Å². The van der Waals surface area contributed by atoms with E-state index in [1.807, 2.05) is 61.5 Å². The molecule has 2 rings (SSSR count). The zero-order valence-corrected chi connectivity index (χ0v) is 11.0. The number of carbonyl (C=O) groups is 1. The molecule has 0 saturated carbocycles. The van der Waals surface area contributed by atoms with Gasteiger partial charge in [-0.15, -0.1) is 0 Å². The number of hydrogen-bond donors (Lipinski definition) is 2. The number of nitrogens with two attached hydrogens (primary N) is 1. The van der Waals surface area contributed by atoms with E-state index in [2.05, 4.69) is 5.32 Å². The van der Waals surface area contributed by atoms with Crippen LogP contribution in [0.1, 0.15) is 23.6 Å². The summed E-state index contributed by atoms with van der Waals surface area (Å²) in [4.78, 5) is 11.9. The van der Waals surface area contributed by atoms with Crippen LogP contribution in [0.2, 0.25) is 0 Å². The molecule has 3 heteroatoms. The third kappa shape index (κ3) is 3.93. The van der Waals surface area contributed by atoms with Crippen molar-refractivity contribution in [1.82, 2.24) is 0 Å². The number of nitrogens with one attached hydrogen (secondary N) is 1. The minimum atomic E-state index is -0.272. The second-order valence-corrected chi connectivity index (χ2v) is 4.64. The van der Waals surface area contributed by atoms with Gasteiger partial charge >= 0.3 is 0 Å². The van der Waals surface area contributed by atoms with Crippen molar-refractivity contribution in [2.75, 3.05) is 5.32 Å². The Kier molecular flexibility index (Phi) is 4.31. The molecular weight excluding hydrogens is 236 g/mol. The van der Waals surface area contributed by atoms with Crippen molar-refractivity contribution in [1.29, 1.82) is 0 Å². The summed E-state index contributed by atoms with van der Waals surface area (Å²) in [6.45, 7) is 1.99. The monoisotopic (exact) mass is 254 g/mol. The quantitative estimate of drug-likeness (QED) is 0.881. The third-order valence-electron chi connectivity index (χ3n) is 2.93. The molecule has 1 amide bonds. The first-order chi connectivity index (χ1) is 9.15. The molecule has 0 saturated heterocycles. The molecule has 2 aromatic rings. The number of anilines is 1. The topological polar surface area (TPSA) is 55.1 Å². The predicted molar refractivity (Wildman–Crippen MR) is 77.8 cm³/mol. The number of benzene rings is 2. The maximum absolute atomic E-state index is 11.9. The first-order valence-electron chi connectivity index (χ1n) is 6.32. The van der Waals surface area contributed by atoms with Crippen LogP contribution in [0.15, 0.2) is 54.6 Å². The Morgan fingerprint density at radius 3 is 2.58 bits per heavy atom. The van der Waals surface area contributed by atoms with Gasteiger partial charge in [0.2, 0.25) is 5.91 Å². The van der Waals surface area contributed by atoms with Gasteiger partial charge < -0.3 is 11.1 Å². The second kappa shape index (κ2) is 6.16. The van der Waals surface area contributed by atoms with Crippen LogP contribution in [-0.4, -0.2) is 5.91 Å². The van der Waals surface area contributed by atoms with Crippen LogP contribution in [0.5, 0.6) is 0 Å². The summed E-state index contributed by atoms with van der Waals surface area (Å²) in [5.41, 5.74) is 8.92. The molecule has 1 unspecified atom stereocenters. The van der Waals surface area contributed by atoms with Crippen molar-refractivity contribution >= 4 is 11.6 Å². The van der Waals surface area contributed by atoms with Gasteiger partial charge in [-0.2, -0.15) is 0 Å². The van der Waals surface area contributed by atoms with Gasteiger partial charge in [-0.1, -0.05) is 42.5 Å². The van der Waals surface area contributed by atoms with Gasteiger partial charge in [0.1, 0.15) is 0 Å². The first kappa shape index (κ1) is 13.3. The molecule has 0 aromatic heterocycles. The molecule has 3 nitrogen and oxygen atoms in total. The number of carbonyl (C=O) groups excluding carboxylic acids is 1. The molecule has 0 radical (unpaired) electrons. The summed E-state index contributed by atoms with van der Waals surface area (Å²) in [6.07, 6.45) is 0.276.